The molecule has 84 valence electrons. The highest BCUT2D eigenvalue weighted by atomic mass is 15.1. The minimum Gasteiger partial charge on any atom is -0.373 e. The first kappa shape index (κ1) is 9.91. The van der Waals surface area contributed by atoms with E-state index < -0.39 is 0 Å². The quantitative estimate of drug-likeness (QED) is 0.829. The Bertz CT molecular complexity index is 376. The lowest BCUT2D eigenvalue weighted by atomic mass is 9.93. The Morgan fingerprint density at radius 3 is 2.56 bits per heavy atom. The van der Waals surface area contributed by atoms with Crippen LogP contribution in [0.4, 0.5) is 0 Å². The molecule has 0 aromatic heterocycles. The van der Waals surface area contributed by atoms with Crippen LogP contribution in [0, 0.1) is 0 Å². The van der Waals surface area contributed by atoms with E-state index >= 15 is 0 Å². The number of hydrogen-bond acceptors (Lipinski definition) is 2. The Morgan fingerprint density at radius 1 is 1.19 bits per heavy atom. The first-order chi connectivity index (χ1) is 7.92. The van der Waals surface area contributed by atoms with Gasteiger partial charge in [0, 0.05) is 32.1 Å². The monoisotopic (exact) mass is 214 g/mol. The summed E-state index contributed by atoms with van der Waals surface area (Å²) in [5.41, 5.74) is 2.90. The lowest BCUT2D eigenvalue weighted by Gasteiger charge is -2.27. The molecule has 2 aliphatic heterocycles. The Labute approximate surface area is 97.0 Å². The van der Waals surface area contributed by atoms with Crippen LogP contribution in [-0.2, 0) is 6.54 Å². The molecule has 0 spiro atoms. The fourth-order valence-corrected chi connectivity index (χ4v) is 2.32. The molecule has 0 saturated carbocycles. The molecule has 1 aromatic carbocycles. The maximum Gasteiger partial charge on any atom is 0.0423 e. The Morgan fingerprint density at radius 2 is 2.00 bits per heavy atom. The second-order valence-electron chi connectivity index (χ2n) is 4.74. The van der Waals surface area contributed by atoms with Crippen molar-refractivity contribution in [3.63, 3.8) is 0 Å². The van der Waals surface area contributed by atoms with Crippen LogP contribution in [0.2, 0.25) is 0 Å². The zero-order chi connectivity index (χ0) is 10.8. The van der Waals surface area contributed by atoms with Crippen molar-refractivity contribution in [2.24, 2.45) is 0 Å². The summed E-state index contributed by atoms with van der Waals surface area (Å²) in [4.78, 5) is 2.37. The van der Waals surface area contributed by atoms with E-state index in [0.717, 1.165) is 25.6 Å². The standard InChI is InChI=1S/C14H18N2/c1-2-8-16(7-1)11-12-3-5-13(6-4-12)14-9-15-10-14/h1,3-7,14-15H,2,8-11H2. The van der Waals surface area contributed by atoms with Crippen LogP contribution in [0.3, 0.4) is 0 Å². The third kappa shape index (κ3) is 1.98. The summed E-state index contributed by atoms with van der Waals surface area (Å²) in [6.07, 6.45) is 5.66. The highest BCUT2D eigenvalue weighted by Crippen LogP contribution is 2.20. The molecular formula is C14H18N2. The van der Waals surface area contributed by atoms with Crippen molar-refractivity contribution in [2.75, 3.05) is 19.6 Å². The second-order valence-corrected chi connectivity index (χ2v) is 4.74. The van der Waals surface area contributed by atoms with Crippen LogP contribution in [0.5, 0.6) is 0 Å². The summed E-state index contributed by atoms with van der Waals surface area (Å²) in [5.74, 6) is 0.751. The number of rotatable bonds is 3. The summed E-state index contributed by atoms with van der Waals surface area (Å²) in [6.45, 7) is 4.52. The molecule has 0 radical (unpaired) electrons. The van der Waals surface area contributed by atoms with Gasteiger partial charge in [-0.25, -0.2) is 0 Å². The van der Waals surface area contributed by atoms with Crippen LogP contribution >= 0.6 is 0 Å². The van der Waals surface area contributed by atoms with E-state index in [1.165, 1.54) is 24.1 Å². The maximum absolute atomic E-state index is 3.32. The van der Waals surface area contributed by atoms with Crippen molar-refractivity contribution >= 4 is 0 Å². The van der Waals surface area contributed by atoms with Gasteiger partial charge >= 0.3 is 0 Å². The highest BCUT2D eigenvalue weighted by molar-refractivity contribution is 5.27. The summed E-state index contributed by atoms with van der Waals surface area (Å²) in [6, 6.07) is 9.14. The van der Waals surface area contributed by atoms with Gasteiger partial charge in [0.05, 0.1) is 0 Å². The van der Waals surface area contributed by atoms with E-state index in [0.29, 0.717) is 0 Å². The van der Waals surface area contributed by atoms with Crippen molar-refractivity contribution < 1.29 is 0 Å². The third-order valence-electron chi connectivity index (χ3n) is 3.52. The fraction of sp³-hybridized carbons (Fsp3) is 0.429. The van der Waals surface area contributed by atoms with Gasteiger partial charge in [-0.3, -0.25) is 0 Å². The first-order valence-electron chi connectivity index (χ1n) is 6.12. The molecular weight excluding hydrogens is 196 g/mol. The number of hydrogen-bond donors (Lipinski definition) is 1. The molecule has 1 aromatic rings. The SMILES string of the molecule is C1=CN(Cc2ccc(C3CNC3)cc2)CC1. The predicted molar refractivity (Wildman–Crippen MR) is 66.2 cm³/mol. The highest BCUT2D eigenvalue weighted by Gasteiger charge is 2.18. The summed E-state index contributed by atoms with van der Waals surface area (Å²) in [5, 5.41) is 3.32. The molecule has 2 heterocycles. The molecule has 2 heteroatoms. The normalized spacial score (nSPS) is 20.1. The van der Waals surface area contributed by atoms with Gasteiger partial charge in [-0.05, 0) is 23.7 Å². The van der Waals surface area contributed by atoms with Gasteiger partial charge in [0.1, 0.15) is 0 Å². The van der Waals surface area contributed by atoms with Gasteiger partial charge in [0.2, 0.25) is 0 Å². The zero-order valence-electron chi connectivity index (χ0n) is 9.52. The molecule has 0 atom stereocenters. The molecule has 0 unspecified atom stereocenters. The maximum atomic E-state index is 3.32. The third-order valence-corrected chi connectivity index (χ3v) is 3.52. The molecule has 3 rings (SSSR count). The van der Waals surface area contributed by atoms with Crippen molar-refractivity contribution in [1.29, 1.82) is 0 Å². The Hall–Kier alpha value is -1.28. The summed E-state index contributed by atoms with van der Waals surface area (Å²) >= 11 is 0. The molecule has 16 heavy (non-hydrogen) atoms. The minimum atomic E-state index is 0.751. The lowest BCUT2D eigenvalue weighted by Crippen LogP contribution is -2.39. The van der Waals surface area contributed by atoms with Crippen LogP contribution in [0.15, 0.2) is 36.5 Å². The Balaban J connectivity index is 1.64. The van der Waals surface area contributed by atoms with Crippen LogP contribution in [-0.4, -0.2) is 24.5 Å². The summed E-state index contributed by atoms with van der Waals surface area (Å²) < 4.78 is 0. The molecule has 1 N–H and O–H groups in total. The van der Waals surface area contributed by atoms with E-state index in [4.69, 9.17) is 0 Å². The number of nitrogens with one attached hydrogen (secondary N) is 1. The number of benzene rings is 1. The average molecular weight is 214 g/mol. The van der Waals surface area contributed by atoms with Gasteiger partial charge in [-0.1, -0.05) is 30.3 Å². The number of nitrogens with zero attached hydrogens (tertiary/aromatic N) is 1. The largest absolute Gasteiger partial charge is 0.373 e. The fourth-order valence-electron chi connectivity index (χ4n) is 2.32. The molecule has 0 aliphatic carbocycles. The first-order valence-corrected chi connectivity index (χ1v) is 6.12. The van der Waals surface area contributed by atoms with Crippen LogP contribution < -0.4 is 5.32 Å². The molecule has 2 nitrogen and oxygen atoms in total. The van der Waals surface area contributed by atoms with Crippen molar-refractivity contribution in [2.45, 2.75) is 18.9 Å². The zero-order valence-corrected chi connectivity index (χ0v) is 9.52. The molecule has 0 bridgehead atoms. The van der Waals surface area contributed by atoms with Gasteiger partial charge in [0.15, 0.2) is 0 Å². The van der Waals surface area contributed by atoms with Gasteiger partial charge in [-0.15, -0.1) is 0 Å². The van der Waals surface area contributed by atoms with Crippen molar-refractivity contribution in [1.82, 2.24) is 10.2 Å². The van der Waals surface area contributed by atoms with E-state index in [9.17, 15) is 0 Å². The summed E-state index contributed by atoms with van der Waals surface area (Å²) in [7, 11) is 0. The van der Waals surface area contributed by atoms with Crippen molar-refractivity contribution in [3.8, 4) is 0 Å². The predicted octanol–water partition coefficient (Wildman–Crippen LogP) is 2.09. The lowest BCUT2D eigenvalue weighted by molar-refractivity contribution is 0.400. The van der Waals surface area contributed by atoms with E-state index in [1.807, 2.05) is 0 Å². The van der Waals surface area contributed by atoms with Gasteiger partial charge in [-0.2, -0.15) is 0 Å². The van der Waals surface area contributed by atoms with Gasteiger partial charge in [0.25, 0.3) is 0 Å². The Kier molecular flexibility index (Phi) is 2.66. The smallest absolute Gasteiger partial charge is 0.0423 e. The van der Waals surface area contributed by atoms with E-state index in [1.54, 1.807) is 0 Å². The van der Waals surface area contributed by atoms with E-state index in [-0.39, 0.29) is 0 Å². The second kappa shape index (κ2) is 4.30. The molecule has 2 aliphatic rings. The molecule has 0 amide bonds. The van der Waals surface area contributed by atoms with E-state index in [2.05, 4.69) is 46.8 Å². The van der Waals surface area contributed by atoms with Crippen molar-refractivity contribution in [3.05, 3.63) is 47.7 Å². The van der Waals surface area contributed by atoms with Crippen LogP contribution in [0.25, 0.3) is 0 Å². The van der Waals surface area contributed by atoms with Crippen LogP contribution in [0.1, 0.15) is 23.5 Å². The molecule has 1 saturated heterocycles. The average Bonchev–Trinajstić information content (AvgIpc) is 2.71. The van der Waals surface area contributed by atoms with Gasteiger partial charge < -0.3 is 10.2 Å². The minimum absolute atomic E-state index is 0.751. The topological polar surface area (TPSA) is 15.3 Å². The molecule has 1 fully saturated rings.